The number of unbranched alkanes of at least 4 members (excludes halogenated alkanes) is 10. The smallest absolute Gasteiger partial charge is 0.0951 e. The summed E-state index contributed by atoms with van der Waals surface area (Å²) >= 11 is 0. The Labute approximate surface area is 155 Å². The molecule has 1 aromatic rings. The van der Waals surface area contributed by atoms with E-state index in [9.17, 15) is 13.0 Å². The average molecular weight is 368 g/mol. The van der Waals surface area contributed by atoms with Crippen LogP contribution in [0.25, 0.3) is 0 Å². The first kappa shape index (κ1) is 22.2. The van der Waals surface area contributed by atoms with E-state index in [4.69, 9.17) is 0 Å². The molecule has 1 aromatic carbocycles. The van der Waals surface area contributed by atoms with Gasteiger partial charge in [-0.25, -0.2) is 8.42 Å². The standard InChI is InChI=1S/C21H36O3S/c1-2-3-4-5-6-7-8-9-10-11-13-18-21(19-25(22,23)24)20-16-14-12-15-17-20/h12,14-17,21H,2-11,13,18-19H2,1H3,(H,22,23,24)/p-1. The maximum absolute atomic E-state index is 11.2. The summed E-state index contributed by atoms with van der Waals surface area (Å²) in [6.07, 6.45) is 14.8. The second-order valence-electron chi connectivity index (χ2n) is 7.16. The zero-order valence-electron chi connectivity index (χ0n) is 15.8. The van der Waals surface area contributed by atoms with Crippen LogP contribution in [0, 0.1) is 0 Å². The molecule has 0 aliphatic rings. The molecule has 0 aliphatic carbocycles. The van der Waals surface area contributed by atoms with E-state index in [1.807, 2.05) is 30.3 Å². The van der Waals surface area contributed by atoms with E-state index >= 15 is 0 Å². The monoisotopic (exact) mass is 367 g/mol. The van der Waals surface area contributed by atoms with Gasteiger partial charge in [0.2, 0.25) is 0 Å². The largest absolute Gasteiger partial charge is 0.748 e. The molecule has 0 amide bonds. The van der Waals surface area contributed by atoms with Gasteiger partial charge < -0.3 is 4.55 Å². The Morgan fingerprint density at radius 3 is 1.76 bits per heavy atom. The van der Waals surface area contributed by atoms with E-state index in [-0.39, 0.29) is 11.7 Å². The molecular formula is C21H35O3S-. The zero-order chi connectivity index (χ0) is 18.4. The van der Waals surface area contributed by atoms with Crippen molar-refractivity contribution < 1.29 is 13.0 Å². The molecule has 1 unspecified atom stereocenters. The molecule has 4 heteroatoms. The van der Waals surface area contributed by atoms with E-state index in [0.29, 0.717) is 0 Å². The van der Waals surface area contributed by atoms with Gasteiger partial charge in [0.15, 0.2) is 0 Å². The lowest BCUT2D eigenvalue weighted by molar-refractivity contribution is 0.452. The van der Waals surface area contributed by atoms with Gasteiger partial charge in [-0.3, -0.25) is 0 Å². The molecule has 25 heavy (non-hydrogen) atoms. The third kappa shape index (κ3) is 12.2. The molecule has 0 saturated heterocycles. The van der Waals surface area contributed by atoms with Gasteiger partial charge in [-0.1, -0.05) is 108 Å². The van der Waals surface area contributed by atoms with Gasteiger partial charge in [0.05, 0.1) is 10.1 Å². The Bertz CT molecular complexity index is 525. The van der Waals surface area contributed by atoms with Crippen molar-refractivity contribution in [1.82, 2.24) is 0 Å². The highest BCUT2D eigenvalue weighted by molar-refractivity contribution is 7.85. The third-order valence-corrected chi connectivity index (χ3v) is 5.64. The highest BCUT2D eigenvalue weighted by Gasteiger charge is 2.14. The molecule has 0 aromatic heterocycles. The predicted octanol–water partition coefficient (Wildman–Crippen LogP) is 6.02. The van der Waals surface area contributed by atoms with Crippen LogP contribution in [0.3, 0.4) is 0 Å². The van der Waals surface area contributed by atoms with E-state index < -0.39 is 10.1 Å². The second kappa shape index (κ2) is 13.3. The van der Waals surface area contributed by atoms with E-state index in [1.54, 1.807) is 0 Å². The molecule has 0 aliphatic heterocycles. The molecule has 3 nitrogen and oxygen atoms in total. The van der Waals surface area contributed by atoms with Gasteiger partial charge in [0.1, 0.15) is 0 Å². The third-order valence-electron chi connectivity index (χ3n) is 4.83. The fraction of sp³-hybridized carbons (Fsp3) is 0.714. The molecule has 1 atom stereocenters. The topological polar surface area (TPSA) is 57.2 Å². The molecule has 0 radical (unpaired) electrons. The fourth-order valence-electron chi connectivity index (χ4n) is 3.37. The molecule has 0 heterocycles. The molecule has 144 valence electrons. The minimum Gasteiger partial charge on any atom is -0.748 e. The SMILES string of the molecule is CCCCCCCCCCCCCC(CS(=O)(=O)[O-])c1ccccc1. The minimum atomic E-state index is -4.19. The maximum atomic E-state index is 11.2. The van der Waals surface area contributed by atoms with Crippen LogP contribution in [0.2, 0.25) is 0 Å². The van der Waals surface area contributed by atoms with E-state index in [0.717, 1.165) is 24.8 Å². The van der Waals surface area contributed by atoms with Crippen LogP contribution in [0.1, 0.15) is 95.5 Å². The molecule has 0 spiro atoms. The predicted molar refractivity (Wildman–Crippen MR) is 105 cm³/mol. The quantitative estimate of drug-likeness (QED) is 0.281. The van der Waals surface area contributed by atoms with E-state index in [2.05, 4.69) is 6.92 Å². The van der Waals surface area contributed by atoms with Crippen molar-refractivity contribution in [2.45, 2.75) is 89.9 Å². The van der Waals surface area contributed by atoms with Gasteiger partial charge in [-0.05, 0) is 17.9 Å². The van der Waals surface area contributed by atoms with Crippen molar-refractivity contribution in [3.05, 3.63) is 35.9 Å². The zero-order valence-corrected chi connectivity index (χ0v) is 16.6. The molecule has 0 N–H and O–H groups in total. The molecule has 0 saturated carbocycles. The van der Waals surface area contributed by atoms with Crippen molar-refractivity contribution >= 4 is 10.1 Å². The molecule has 0 bridgehead atoms. The van der Waals surface area contributed by atoms with Crippen LogP contribution >= 0.6 is 0 Å². The summed E-state index contributed by atoms with van der Waals surface area (Å²) in [7, 11) is -4.19. The van der Waals surface area contributed by atoms with Gasteiger partial charge in [-0.15, -0.1) is 0 Å². The number of hydrogen-bond donors (Lipinski definition) is 0. The van der Waals surface area contributed by atoms with Crippen LogP contribution in [0.15, 0.2) is 30.3 Å². The minimum absolute atomic E-state index is 0.165. The van der Waals surface area contributed by atoms with Gasteiger partial charge in [0.25, 0.3) is 0 Å². The lowest BCUT2D eigenvalue weighted by Gasteiger charge is -2.19. The van der Waals surface area contributed by atoms with Crippen LogP contribution in [-0.2, 0) is 10.1 Å². The lowest BCUT2D eigenvalue weighted by Crippen LogP contribution is -2.14. The van der Waals surface area contributed by atoms with Crippen molar-refractivity contribution in [3.63, 3.8) is 0 Å². The van der Waals surface area contributed by atoms with Crippen molar-refractivity contribution in [1.29, 1.82) is 0 Å². The van der Waals surface area contributed by atoms with Crippen molar-refractivity contribution in [3.8, 4) is 0 Å². The Balaban J connectivity index is 2.16. The first-order valence-corrected chi connectivity index (χ1v) is 11.6. The van der Waals surface area contributed by atoms with E-state index in [1.165, 1.54) is 57.8 Å². The van der Waals surface area contributed by atoms with Crippen LogP contribution < -0.4 is 0 Å². The summed E-state index contributed by atoms with van der Waals surface area (Å²) in [4.78, 5) is 0. The Morgan fingerprint density at radius 2 is 1.28 bits per heavy atom. The summed E-state index contributed by atoms with van der Waals surface area (Å²) < 4.78 is 33.5. The van der Waals surface area contributed by atoms with Crippen LogP contribution in [-0.4, -0.2) is 18.7 Å². The van der Waals surface area contributed by atoms with Gasteiger partial charge in [-0.2, -0.15) is 0 Å². The first-order valence-electron chi connectivity index (χ1n) is 10.0. The number of hydrogen-bond acceptors (Lipinski definition) is 3. The second-order valence-corrected chi connectivity index (χ2v) is 8.60. The first-order chi connectivity index (χ1) is 12.0. The van der Waals surface area contributed by atoms with Crippen LogP contribution in [0.5, 0.6) is 0 Å². The Morgan fingerprint density at radius 1 is 0.800 bits per heavy atom. The van der Waals surface area contributed by atoms with Gasteiger partial charge >= 0.3 is 0 Å². The number of benzene rings is 1. The van der Waals surface area contributed by atoms with Crippen molar-refractivity contribution in [2.75, 3.05) is 5.75 Å². The average Bonchev–Trinajstić information content (AvgIpc) is 2.58. The Kier molecular flexibility index (Phi) is 11.8. The fourth-order valence-corrected chi connectivity index (χ4v) is 4.22. The Hall–Kier alpha value is -0.870. The summed E-state index contributed by atoms with van der Waals surface area (Å²) in [6, 6.07) is 9.57. The normalized spacial score (nSPS) is 13.0. The maximum Gasteiger partial charge on any atom is 0.0951 e. The lowest BCUT2D eigenvalue weighted by atomic mass is 9.94. The highest BCUT2D eigenvalue weighted by Crippen LogP contribution is 2.24. The summed E-state index contributed by atoms with van der Waals surface area (Å²) in [5.74, 6) is -0.448. The molecule has 1 rings (SSSR count). The van der Waals surface area contributed by atoms with Gasteiger partial charge in [0, 0.05) is 5.75 Å². The van der Waals surface area contributed by atoms with Crippen molar-refractivity contribution in [2.24, 2.45) is 0 Å². The van der Waals surface area contributed by atoms with Crippen LogP contribution in [0.4, 0.5) is 0 Å². The summed E-state index contributed by atoms with van der Waals surface area (Å²) in [5, 5.41) is 0. The molecule has 0 fully saturated rings. The number of rotatable bonds is 15. The summed E-state index contributed by atoms with van der Waals surface area (Å²) in [6.45, 7) is 2.24. The summed E-state index contributed by atoms with van der Waals surface area (Å²) in [5.41, 5.74) is 0.967. The molecular weight excluding hydrogens is 332 g/mol. The highest BCUT2D eigenvalue weighted by atomic mass is 32.2.